The van der Waals surface area contributed by atoms with E-state index in [1.54, 1.807) is 0 Å². The molecule has 100 valence electrons. The van der Waals surface area contributed by atoms with Gasteiger partial charge in [0.1, 0.15) is 0 Å². The third-order valence-electron chi connectivity index (χ3n) is 3.69. The van der Waals surface area contributed by atoms with E-state index >= 15 is 0 Å². The molecule has 1 aliphatic rings. The molecule has 0 aliphatic heterocycles. The average Bonchev–Trinajstić information content (AvgIpc) is 2.77. The number of ether oxygens (including phenoxy) is 2. The molecule has 0 saturated heterocycles. The van der Waals surface area contributed by atoms with Gasteiger partial charge in [-0.1, -0.05) is 20.4 Å². The zero-order valence-corrected chi connectivity index (χ0v) is 11.4. The number of hydrogen-bond donors (Lipinski definition) is 0. The summed E-state index contributed by atoms with van der Waals surface area (Å²) in [6, 6.07) is 0. The molecule has 1 aliphatic carbocycles. The predicted molar refractivity (Wildman–Crippen MR) is 66.7 cm³/mol. The Labute approximate surface area is 108 Å². The molecule has 0 N–H and O–H groups in total. The highest BCUT2D eigenvalue weighted by molar-refractivity contribution is 6.01. The number of hydrogen-bond acceptors (Lipinski definition) is 4. The van der Waals surface area contributed by atoms with Gasteiger partial charge >= 0.3 is 11.9 Å². The van der Waals surface area contributed by atoms with Crippen molar-refractivity contribution in [3.05, 3.63) is 17.9 Å². The van der Waals surface area contributed by atoms with E-state index in [1.807, 2.05) is 13.8 Å². The van der Waals surface area contributed by atoms with Gasteiger partial charge in [-0.05, 0) is 23.8 Å². The standard InChI is InChI=1S/C14H20O4/c1-6-10-7-14(12(15)17-4,13(16)18-5)8-11(10)9(2)3/h9,11H,1,7-8H2,2-5H3. The van der Waals surface area contributed by atoms with E-state index in [2.05, 4.69) is 12.3 Å². The monoisotopic (exact) mass is 252 g/mol. The molecular formula is C14H20O4. The van der Waals surface area contributed by atoms with Crippen LogP contribution >= 0.6 is 0 Å². The van der Waals surface area contributed by atoms with Crippen LogP contribution in [0, 0.1) is 17.3 Å². The van der Waals surface area contributed by atoms with Crippen LogP contribution in [-0.4, -0.2) is 26.2 Å². The maximum absolute atomic E-state index is 12.0. The molecule has 1 saturated carbocycles. The Balaban J connectivity index is 3.21. The van der Waals surface area contributed by atoms with Crippen molar-refractivity contribution in [3.63, 3.8) is 0 Å². The highest BCUT2D eigenvalue weighted by Gasteiger charge is 2.55. The minimum Gasteiger partial charge on any atom is -0.468 e. The molecule has 0 radical (unpaired) electrons. The van der Waals surface area contributed by atoms with Gasteiger partial charge in [-0.15, -0.1) is 5.73 Å². The largest absolute Gasteiger partial charge is 0.468 e. The number of esters is 2. The quantitative estimate of drug-likeness (QED) is 0.438. The summed E-state index contributed by atoms with van der Waals surface area (Å²) in [5.41, 5.74) is 2.54. The molecule has 0 aromatic carbocycles. The summed E-state index contributed by atoms with van der Waals surface area (Å²) < 4.78 is 9.56. The molecule has 1 fully saturated rings. The molecule has 1 atom stereocenters. The summed E-state index contributed by atoms with van der Waals surface area (Å²) in [5, 5.41) is 0. The van der Waals surface area contributed by atoms with Crippen LogP contribution in [0.2, 0.25) is 0 Å². The molecule has 4 heteroatoms. The van der Waals surface area contributed by atoms with Crippen molar-refractivity contribution in [3.8, 4) is 0 Å². The fourth-order valence-corrected chi connectivity index (χ4v) is 2.64. The van der Waals surface area contributed by atoms with Crippen molar-refractivity contribution >= 4 is 11.9 Å². The fourth-order valence-electron chi connectivity index (χ4n) is 2.64. The molecule has 1 rings (SSSR count). The second kappa shape index (κ2) is 5.40. The summed E-state index contributed by atoms with van der Waals surface area (Å²) in [4.78, 5) is 24.0. The molecule has 0 heterocycles. The zero-order valence-electron chi connectivity index (χ0n) is 11.4. The predicted octanol–water partition coefficient (Wildman–Crippen LogP) is 2.10. The van der Waals surface area contributed by atoms with Crippen LogP contribution in [0.3, 0.4) is 0 Å². The normalized spacial score (nSPS) is 21.6. The van der Waals surface area contributed by atoms with Crippen LogP contribution in [0.5, 0.6) is 0 Å². The maximum Gasteiger partial charge on any atom is 0.323 e. The average molecular weight is 252 g/mol. The Morgan fingerprint density at radius 1 is 1.33 bits per heavy atom. The minimum atomic E-state index is -1.22. The number of carbonyl (C=O) groups excluding carboxylic acids is 2. The van der Waals surface area contributed by atoms with Crippen molar-refractivity contribution in [2.75, 3.05) is 14.2 Å². The molecule has 0 spiro atoms. The molecule has 0 aromatic heterocycles. The van der Waals surface area contributed by atoms with Gasteiger partial charge in [-0.25, -0.2) is 0 Å². The third-order valence-corrected chi connectivity index (χ3v) is 3.69. The van der Waals surface area contributed by atoms with E-state index in [0.29, 0.717) is 18.8 Å². The lowest BCUT2D eigenvalue weighted by molar-refractivity contribution is -0.168. The first-order chi connectivity index (χ1) is 8.42. The highest BCUT2D eigenvalue weighted by atomic mass is 16.5. The van der Waals surface area contributed by atoms with Crippen molar-refractivity contribution in [2.45, 2.75) is 26.7 Å². The molecule has 0 aromatic rings. The first-order valence-electron chi connectivity index (χ1n) is 5.98. The van der Waals surface area contributed by atoms with Crippen LogP contribution in [0.15, 0.2) is 17.9 Å². The summed E-state index contributed by atoms with van der Waals surface area (Å²) in [7, 11) is 2.57. The van der Waals surface area contributed by atoms with Gasteiger partial charge in [0.15, 0.2) is 5.41 Å². The zero-order chi connectivity index (χ0) is 13.9. The summed E-state index contributed by atoms with van der Waals surface area (Å²) in [5.74, 6) is -0.651. The summed E-state index contributed by atoms with van der Waals surface area (Å²) in [6.07, 6.45) is 0.695. The van der Waals surface area contributed by atoms with Crippen molar-refractivity contribution in [2.24, 2.45) is 17.3 Å². The van der Waals surface area contributed by atoms with Gasteiger partial charge in [0, 0.05) is 6.42 Å². The fraction of sp³-hybridized carbons (Fsp3) is 0.643. The Hall–Kier alpha value is -1.54. The first kappa shape index (κ1) is 14.5. The Kier molecular flexibility index (Phi) is 4.36. The van der Waals surface area contributed by atoms with E-state index in [9.17, 15) is 9.59 Å². The van der Waals surface area contributed by atoms with E-state index in [-0.39, 0.29) is 5.92 Å². The lowest BCUT2D eigenvalue weighted by Gasteiger charge is -2.23. The van der Waals surface area contributed by atoms with Crippen molar-refractivity contribution in [1.82, 2.24) is 0 Å². The Bertz CT molecular complexity index is 386. The number of methoxy groups -OCH3 is 2. The lowest BCUT2D eigenvalue weighted by atomic mass is 9.83. The van der Waals surface area contributed by atoms with E-state index in [0.717, 1.165) is 5.57 Å². The lowest BCUT2D eigenvalue weighted by Crippen LogP contribution is -2.39. The van der Waals surface area contributed by atoms with Crippen LogP contribution in [0.1, 0.15) is 26.7 Å². The maximum atomic E-state index is 12.0. The molecule has 18 heavy (non-hydrogen) atoms. The van der Waals surface area contributed by atoms with Crippen molar-refractivity contribution < 1.29 is 19.1 Å². The van der Waals surface area contributed by atoms with Crippen LogP contribution < -0.4 is 0 Å². The van der Waals surface area contributed by atoms with Gasteiger partial charge in [-0.2, -0.15) is 0 Å². The van der Waals surface area contributed by atoms with E-state index in [4.69, 9.17) is 9.47 Å². The van der Waals surface area contributed by atoms with Crippen LogP contribution in [-0.2, 0) is 19.1 Å². The third kappa shape index (κ3) is 2.21. The molecule has 0 amide bonds. The first-order valence-corrected chi connectivity index (χ1v) is 5.98. The highest BCUT2D eigenvalue weighted by Crippen LogP contribution is 2.49. The second-order valence-electron chi connectivity index (χ2n) is 5.00. The minimum absolute atomic E-state index is 0.112. The van der Waals surface area contributed by atoms with Gasteiger partial charge < -0.3 is 9.47 Å². The summed E-state index contributed by atoms with van der Waals surface area (Å²) in [6.45, 7) is 7.74. The molecule has 4 nitrogen and oxygen atoms in total. The van der Waals surface area contributed by atoms with Crippen LogP contribution in [0.4, 0.5) is 0 Å². The van der Waals surface area contributed by atoms with Crippen LogP contribution in [0.25, 0.3) is 0 Å². The summed E-state index contributed by atoms with van der Waals surface area (Å²) >= 11 is 0. The number of rotatable bonds is 3. The Morgan fingerprint density at radius 2 is 1.83 bits per heavy atom. The van der Waals surface area contributed by atoms with Gasteiger partial charge in [0.05, 0.1) is 14.2 Å². The van der Waals surface area contributed by atoms with Gasteiger partial charge in [0.2, 0.25) is 0 Å². The van der Waals surface area contributed by atoms with E-state index in [1.165, 1.54) is 14.2 Å². The molecule has 1 unspecified atom stereocenters. The number of carbonyl (C=O) groups is 2. The molecule has 0 bridgehead atoms. The topological polar surface area (TPSA) is 52.6 Å². The molecular weight excluding hydrogens is 232 g/mol. The number of allylic oxidation sites excluding steroid dienone is 1. The Morgan fingerprint density at radius 3 is 2.11 bits per heavy atom. The van der Waals surface area contributed by atoms with Gasteiger partial charge in [0.25, 0.3) is 0 Å². The van der Waals surface area contributed by atoms with E-state index < -0.39 is 17.4 Å². The van der Waals surface area contributed by atoms with Crippen molar-refractivity contribution in [1.29, 1.82) is 0 Å². The SMILES string of the molecule is C=C=C1CC(C(=O)OC)(C(=O)OC)CC1C(C)C. The van der Waals surface area contributed by atoms with Gasteiger partial charge in [-0.3, -0.25) is 9.59 Å². The smallest absolute Gasteiger partial charge is 0.323 e. The second-order valence-corrected chi connectivity index (χ2v) is 5.00.